The molecule has 0 radical (unpaired) electrons. The van der Waals surface area contributed by atoms with E-state index < -0.39 is 5.92 Å². The van der Waals surface area contributed by atoms with Gasteiger partial charge in [0.25, 0.3) is 0 Å². The van der Waals surface area contributed by atoms with Gasteiger partial charge in [0.05, 0.1) is 12.0 Å². The molecule has 0 fully saturated rings. The Labute approximate surface area is 172 Å². The van der Waals surface area contributed by atoms with Crippen LogP contribution in [0, 0.1) is 5.92 Å². The van der Waals surface area contributed by atoms with E-state index in [1.54, 1.807) is 6.92 Å². The van der Waals surface area contributed by atoms with E-state index in [9.17, 15) is 9.59 Å². The Bertz CT molecular complexity index is 848. The first-order chi connectivity index (χ1) is 13.9. The van der Waals surface area contributed by atoms with Gasteiger partial charge in [0.1, 0.15) is 6.61 Å². The third-order valence-corrected chi connectivity index (χ3v) is 5.62. The van der Waals surface area contributed by atoms with Crippen molar-refractivity contribution in [3.05, 3.63) is 71.3 Å². The lowest BCUT2D eigenvalue weighted by molar-refractivity contribution is -0.149. The summed E-state index contributed by atoms with van der Waals surface area (Å²) in [4.78, 5) is 24.6. The Morgan fingerprint density at radius 3 is 2.55 bits per heavy atom. The van der Waals surface area contributed by atoms with Crippen molar-refractivity contribution in [3.63, 3.8) is 0 Å². The lowest BCUT2D eigenvalue weighted by atomic mass is 9.71. The van der Waals surface area contributed by atoms with Crippen LogP contribution in [0.4, 0.5) is 4.79 Å². The number of nitrogens with one attached hydrogen (secondary N) is 2. The van der Waals surface area contributed by atoms with Crippen LogP contribution in [0.5, 0.6) is 0 Å². The van der Waals surface area contributed by atoms with Crippen molar-refractivity contribution in [3.8, 4) is 0 Å². The van der Waals surface area contributed by atoms with Crippen molar-refractivity contribution in [2.24, 2.45) is 5.92 Å². The number of hydrogen-bond acceptors (Lipinski definition) is 3. The maximum atomic E-state index is 12.4. The molecule has 0 saturated carbocycles. The van der Waals surface area contributed by atoms with Crippen LogP contribution < -0.4 is 10.6 Å². The zero-order valence-corrected chi connectivity index (χ0v) is 17.4. The molecular weight excluding hydrogens is 364 g/mol. The topological polar surface area (TPSA) is 67.4 Å². The van der Waals surface area contributed by atoms with Crippen LogP contribution in [0.25, 0.3) is 0 Å². The molecule has 0 aromatic heterocycles. The molecule has 2 aromatic rings. The van der Waals surface area contributed by atoms with Crippen molar-refractivity contribution in [1.29, 1.82) is 0 Å². The van der Waals surface area contributed by atoms with Crippen LogP contribution in [0.1, 0.15) is 56.3 Å². The summed E-state index contributed by atoms with van der Waals surface area (Å²) >= 11 is 0. The second kappa shape index (κ2) is 9.12. The molecule has 1 unspecified atom stereocenters. The van der Waals surface area contributed by atoms with Gasteiger partial charge >= 0.3 is 12.0 Å². The number of ether oxygens (including phenoxy) is 1. The molecular formula is C24H30N2O3. The van der Waals surface area contributed by atoms with E-state index >= 15 is 0 Å². The summed E-state index contributed by atoms with van der Waals surface area (Å²) in [5.74, 6) is -0.735. The van der Waals surface area contributed by atoms with Gasteiger partial charge in [0.15, 0.2) is 0 Å². The van der Waals surface area contributed by atoms with Gasteiger partial charge in [-0.05, 0) is 34.9 Å². The van der Waals surface area contributed by atoms with Gasteiger partial charge in [-0.25, -0.2) is 4.79 Å². The number of hydrogen-bond donors (Lipinski definition) is 2. The van der Waals surface area contributed by atoms with Gasteiger partial charge in [0.2, 0.25) is 0 Å². The number of esters is 1. The molecule has 0 heterocycles. The lowest BCUT2D eigenvalue weighted by Gasteiger charge is -2.37. The largest absolute Gasteiger partial charge is 0.461 e. The molecule has 2 atom stereocenters. The van der Waals surface area contributed by atoms with E-state index in [0.717, 1.165) is 18.4 Å². The third-order valence-electron chi connectivity index (χ3n) is 5.62. The first kappa shape index (κ1) is 20.9. The fourth-order valence-corrected chi connectivity index (χ4v) is 3.77. The van der Waals surface area contributed by atoms with Gasteiger partial charge in [0, 0.05) is 6.54 Å². The minimum atomic E-state index is -0.415. The Balaban J connectivity index is 1.48. The predicted octanol–water partition coefficient (Wildman–Crippen LogP) is 4.48. The molecule has 2 N–H and O–H groups in total. The number of urea groups is 1. The fourth-order valence-electron chi connectivity index (χ4n) is 3.77. The molecule has 0 spiro atoms. The maximum absolute atomic E-state index is 12.4. The lowest BCUT2D eigenvalue weighted by Crippen LogP contribution is -2.43. The molecule has 29 heavy (non-hydrogen) atoms. The van der Waals surface area contributed by atoms with Crippen molar-refractivity contribution in [1.82, 2.24) is 10.6 Å². The second-order valence-electron chi connectivity index (χ2n) is 8.41. The highest BCUT2D eigenvalue weighted by Crippen LogP contribution is 2.41. The normalized spacial score (nSPS) is 18.2. The quantitative estimate of drug-likeness (QED) is 0.710. The Morgan fingerprint density at radius 1 is 1.10 bits per heavy atom. The minimum absolute atomic E-state index is 0.0143. The predicted molar refractivity (Wildman–Crippen MR) is 113 cm³/mol. The second-order valence-corrected chi connectivity index (χ2v) is 8.41. The zero-order valence-electron chi connectivity index (χ0n) is 17.4. The molecule has 154 valence electrons. The summed E-state index contributed by atoms with van der Waals surface area (Å²) in [6, 6.07) is 17.6. The number of benzene rings is 2. The van der Waals surface area contributed by atoms with E-state index in [-0.39, 0.29) is 36.6 Å². The third kappa shape index (κ3) is 5.37. The number of amides is 2. The van der Waals surface area contributed by atoms with Gasteiger partial charge in [-0.1, -0.05) is 75.4 Å². The number of fused-ring (bicyclic) bond motifs is 1. The van der Waals surface area contributed by atoms with Gasteiger partial charge in [-0.3, -0.25) is 4.79 Å². The summed E-state index contributed by atoms with van der Waals surface area (Å²) in [7, 11) is 0. The Morgan fingerprint density at radius 2 is 1.79 bits per heavy atom. The number of carbonyl (C=O) groups is 2. The molecule has 1 aliphatic rings. The van der Waals surface area contributed by atoms with E-state index in [1.807, 2.05) is 42.5 Å². The van der Waals surface area contributed by atoms with Crippen molar-refractivity contribution in [2.45, 2.75) is 51.7 Å². The molecule has 2 amide bonds. The summed E-state index contributed by atoms with van der Waals surface area (Å²) in [6.45, 7) is 6.71. The van der Waals surface area contributed by atoms with Crippen molar-refractivity contribution in [2.75, 3.05) is 6.54 Å². The van der Waals surface area contributed by atoms with Crippen LogP contribution in [-0.2, 0) is 21.6 Å². The highest BCUT2D eigenvalue weighted by atomic mass is 16.5. The highest BCUT2D eigenvalue weighted by molar-refractivity contribution is 5.77. The molecule has 5 nitrogen and oxygen atoms in total. The average molecular weight is 395 g/mol. The molecule has 5 heteroatoms. The van der Waals surface area contributed by atoms with Crippen LogP contribution in [0.15, 0.2) is 54.6 Å². The fraction of sp³-hybridized carbons (Fsp3) is 0.417. The summed E-state index contributed by atoms with van der Waals surface area (Å²) < 4.78 is 5.33. The minimum Gasteiger partial charge on any atom is -0.461 e. The Hall–Kier alpha value is -2.82. The standard InChI is InChI=1S/C24H30N2O3/c1-17(22(27)29-16-18-9-5-4-6-10-18)15-25-23(28)26-21-13-14-24(2,3)20-12-8-7-11-19(20)21/h4-12,17,21H,13-16H2,1-3H3,(H2,25,26,28)/t17-,21?/m0/s1. The van der Waals surface area contributed by atoms with E-state index in [0.29, 0.717) is 0 Å². The first-order valence-electron chi connectivity index (χ1n) is 10.2. The van der Waals surface area contributed by atoms with Gasteiger partial charge in [-0.2, -0.15) is 0 Å². The Kier molecular flexibility index (Phi) is 6.57. The SMILES string of the molecule is C[C@@H](CNC(=O)NC1CCC(C)(C)c2ccccc21)C(=O)OCc1ccccc1. The molecule has 0 bridgehead atoms. The molecule has 0 saturated heterocycles. The maximum Gasteiger partial charge on any atom is 0.315 e. The molecule has 2 aromatic carbocycles. The summed E-state index contributed by atoms with van der Waals surface area (Å²) in [5, 5.41) is 5.87. The van der Waals surface area contributed by atoms with Crippen molar-refractivity contribution < 1.29 is 14.3 Å². The monoisotopic (exact) mass is 394 g/mol. The van der Waals surface area contributed by atoms with Crippen molar-refractivity contribution >= 4 is 12.0 Å². The van der Waals surface area contributed by atoms with Gasteiger partial charge < -0.3 is 15.4 Å². The van der Waals surface area contributed by atoms with E-state index in [4.69, 9.17) is 4.74 Å². The van der Waals surface area contributed by atoms with Gasteiger partial charge in [-0.15, -0.1) is 0 Å². The van der Waals surface area contributed by atoms with E-state index in [2.05, 4.69) is 36.6 Å². The summed E-state index contributed by atoms with van der Waals surface area (Å²) in [5.41, 5.74) is 3.52. The van der Waals surface area contributed by atoms with Crippen LogP contribution in [-0.4, -0.2) is 18.5 Å². The molecule has 0 aliphatic heterocycles. The van der Waals surface area contributed by atoms with E-state index in [1.165, 1.54) is 11.1 Å². The van der Waals surface area contributed by atoms with Crippen LogP contribution >= 0.6 is 0 Å². The summed E-state index contributed by atoms with van der Waals surface area (Å²) in [6.07, 6.45) is 1.91. The number of rotatable bonds is 6. The molecule has 3 rings (SSSR count). The van der Waals surface area contributed by atoms with Crippen LogP contribution in [0.2, 0.25) is 0 Å². The zero-order chi connectivity index (χ0) is 20.9. The first-order valence-corrected chi connectivity index (χ1v) is 10.2. The average Bonchev–Trinajstić information content (AvgIpc) is 2.73. The smallest absolute Gasteiger partial charge is 0.315 e. The molecule has 1 aliphatic carbocycles. The number of carbonyl (C=O) groups excluding carboxylic acids is 2. The van der Waals surface area contributed by atoms with Crippen LogP contribution in [0.3, 0.4) is 0 Å². The highest BCUT2D eigenvalue weighted by Gasteiger charge is 2.32.